The molecule has 370 valence electrons. The number of nitrogens with one attached hydrogen (secondary N) is 1. The van der Waals surface area contributed by atoms with Gasteiger partial charge in [-0.1, -0.05) is 257 Å². The quantitative estimate of drug-likeness (QED) is 0.0243. The lowest BCUT2D eigenvalue weighted by Crippen LogP contribution is -2.45. The molecule has 0 bridgehead atoms. The van der Waals surface area contributed by atoms with Crippen LogP contribution < -0.4 is 5.32 Å². The van der Waals surface area contributed by atoms with Gasteiger partial charge >= 0.3 is 7.82 Å². The molecular weight excluding hydrogens is 792 g/mol. The minimum Gasteiger partial charge on any atom is -0.387 e. The van der Waals surface area contributed by atoms with Crippen LogP contribution in [0.3, 0.4) is 0 Å². The summed E-state index contributed by atoms with van der Waals surface area (Å²) in [6.07, 6.45) is 54.3. The van der Waals surface area contributed by atoms with Crippen molar-refractivity contribution >= 4 is 13.7 Å². The standard InChI is InChI=1S/C53H107N2O6P/c1-6-8-10-12-14-16-18-20-22-24-26-28-30-32-34-36-38-40-42-44-46-52(56)51(50-61-62(58,59)60-49-48-55(3,4)5)54-53(57)47-45-43-41-39-37-35-33-31-29-27-25-23-21-19-17-15-13-11-9-7-2/h44,46,51-52,56H,6-43,45,47-50H2,1-5H3,(H-,54,57,58,59)/p+1/b46-44+. The minimum absolute atomic E-state index is 0.0651. The van der Waals surface area contributed by atoms with Crippen LogP contribution in [-0.2, 0) is 18.4 Å². The number of likely N-dealkylation sites (N-methyl/N-ethyl adjacent to an activating group) is 1. The van der Waals surface area contributed by atoms with E-state index in [0.717, 1.165) is 32.1 Å². The Morgan fingerprint density at radius 3 is 1.19 bits per heavy atom. The number of aliphatic hydroxyl groups excluding tert-OH is 1. The second kappa shape index (κ2) is 45.4. The summed E-state index contributed by atoms with van der Waals surface area (Å²) in [7, 11) is 1.59. The Labute approximate surface area is 386 Å². The number of carbonyl (C=O) groups excluding carboxylic acids is 1. The summed E-state index contributed by atoms with van der Waals surface area (Å²) in [4.78, 5) is 23.2. The summed E-state index contributed by atoms with van der Waals surface area (Å²) in [5.74, 6) is -0.171. The molecule has 8 nitrogen and oxygen atoms in total. The van der Waals surface area contributed by atoms with Gasteiger partial charge in [-0.05, 0) is 19.3 Å². The number of nitrogens with zero attached hydrogens (tertiary/aromatic N) is 1. The van der Waals surface area contributed by atoms with E-state index in [1.54, 1.807) is 6.08 Å². The third-order valence-corrected chi connectivity index (χ3v) is 13.5. The van der Waals surface area contributed by atoms with Gasteiger partial charge in [0.25, 0.3) is 0 Å². The van der Waals surface area contributed by atoms with E-state index in [-0.39, 0.29) is 19.1 Å². The molecule has 0 aromatic rings. The molecule has 0 aliphatic carbocycles. The normalized spacial score (nSPS) is 14.1. The Hall–Kier alpha value is -0.760. The number of carbonyl (C=O) groups is 1. The zero-order chi connectivity index (χ0) is 45.7. The van der Waals surface area contributed by atoms with Gasteiger partial charge in [-0.25, -0.2) is 4.57 Å². The molecule has 0 rings (SSSR count). The Morgan fingerprint density at radius 1 is 0.532 bits per heavy atom. The largest absolute Gasteiger partial charge is 0.472 e. The number of amides is 1. The number of allylic oxidation sites excluding steroid dienone is 1. The highest BCUT2D eigenvalue weighted by atomic mass is 31.2. The predicted molar refractivity (Wildman–Crippen MR) is 268 cm³/mol. The van der Waals surface area contributed by atoms with Crippen LogP contribution in [0.4, 0.5) is 0 Å². The number of phosphoric acid groups is 1. The summed E-state index contributed by atoms with van der Waals surface area (Å²) < 4.78 is 23.7. The molecule has 0 heterocycles. The van der Waals surface area contributed by atoms with Crippen LogP contribution in [0.25, 0.3) is 0 Å². The van der Waals surface area contributed by atoms with Gasteiger partial charge < -0.3 is 19.8 Å². The molecule has 0 aliphatic rings. The molecule has 1 amide bonds. The first kappa shape index (κ1) is 61.2. The van der Waals surface area contributed by atoms with E-state index < -0.39 is 20.0 Å². The van der Waals surface area contributed by atoms with Gasteiger partial charge in [0.1, 0.15) is 13.2 Å². The van der Waals surface area contributed by atoms with Crippen molar-refractivity contribution in [2.24, 2.45) is 0 Å². The molecule has 9 heteroatoms. The van der Waals surface area contributed by atoms with Crippen LogP contribution in [0.15, 0.2) is 12.2 Å². The number of hydrogen-bond acceptors (Lipinski definition) is 5. The third-order valence-electron chi connectivity index (χ3n) is 12.5. The van der Waals surface area contributed by atoms with Crippen LogP contribution in [0, 0.1) is 0 Å². The molecule has 0 aromatic heterocycles. The number of aliphatic hydroxyl groups is 1. The highest BCUT2D eigenvalue weighted by Crippen LogP contribution is 2.43. The second-order valence-corrected chi connectivity index (χ2v) is 21.4. The van der Waals surface area contributed by atoms with Crippen molar-refractivity contribution in [2.45, 2.75) is 283 Å². The molecule has 3 atom stereocenters. The monoisotopic (exact) mass is 900 g/mol. The molecule has 0 saturated heterocycles. The van der Waals surface area contributed by atoms with Gasteiger partial charge in [-0.2, -0.15) is 0 Å². The van der Waals surface area contributed by atoms with Crippen molar-refractivity contribution in [2.75, 3.05) is 40.9 Å². The highest BCUT2D eigenvalue weighted by Gasteiger charge is 2.27. The fourth-order valence-corrected chi connectivity index (χ4v) is 8.96. The Morgan fingerprint density at radius 2 is 0.855 bits per heavy atom. The molecule has 0 saturated carbocycles. The Bertz CT molecular complexity index is 1020. The number of phosphoric ester groups is 1. The van der Waals surface area contributed by atoms with Crippen LogP contribution in [0.1, 0.15) is 271 Å². The summed E-state index contributed by atoms with van der Waals surface area (Å²) in [5.41, 5.74) is 0. The molecule has 62 heavy (non-hydrogen) atoms. The predicted octanol–water partition coefficient (Wildman–Crippen LogP) is 15.9. The van der Waals surface area contributed by atoms with Crippen molar-refractivity contribution in [3.05, 3.63) is 12.2 Å². The van der Waals surface area contributed by atoms with Gasteiger partial charge in [0, 0.05) is 6.42 Å². The van der Waals surface area contributed by atoms with Gasteiger partial charge in [-0.3, -0.25) is 13.8 Å². The lowest BCUT2D eigenvalue weighted by Gasteiger charge is -2.25. The smallest absolute Gasteiger partial charge is 0.387 e. The Kier molecular flexibility index (Phi) is 44.8. The molecule has 3 N–H and O–H groups in total. The molecule has 0 fully saturated rings. The van der Waals surface area contributed by atoms with Gasteiger partial charge in [-0.15, -0.1) is 0 Å². The number of hydrogen-bond donors (Lipinski definition) is 3. The molecule has 0 aliphatic heterocycles. The van der Waals surface area contributed by atoms with E-state index >= 15 is 0 Å². The summed E-state index contributed by atoms with van der Waals surface area (Å²) >= 11 is 0. The number of unbranched alkanes of at least 4 members (excludes halogenated alkanes) is 37. The first-order valence-corrected chi connectivity index (χ1v) is 28.6. The second-order valence-electron chi connectivity index (χ2n) is 20.0. The summed E-state index contributed by atoms with van der Waals surface area (Å²) in [6.45, 7) is 4.86. The minimum atomic E-state index is -4.34. The van der Waals surface area contributed by atoms with E-state index in [1.807, 2.05) is 27.2 Å². The maximum atomic E-state index is 12.9. The van der Waals surface area contributed by atoms with E-state index in [1.165, 1.54) is 218 Å². The van der Waals surface area contributed by atoms with Crippen molar-refractivity contribution in [1.29, 1.82) is 0 Å². The zero-order valence-corrected chi connectivity index (χ0v) is 43.0. The zero-order valence-electron chi connectivity index (χ0n) is 42.1. The van der Waals surface area contributed by atoms with E-state index in [4.69, 9.17) is 9.05 Å². The first-order valence-electron chi connectivity index (χ1n) is 27.1. The van der Waals surface area contributed by atoms with Crippen LogP contribution in [0.5, 0.6) is 0 Å². The maximum Gasteiger partial charge on any atom is 0.472 e. The molecule has 3 unspecified atom stereocenters. The lowest BCUT2D eigenvalue weighted by molar-refractivity contribution is -0.870. The van der Waals surface area contributed by atoms with Crippen LogP contribution in [-0.4, -0.2) is 73.4 Å². The van der Waals surface area contributed by atoms with E-state index in [2.05, 4.69) is 19.2 Å². The van der Waals surface area contributed by atoms with Gasteiger partial charge in [0.05, 0.1) is 39.9 Å². The number of quaternary nitrogens is 1. The fourth-order valence-electron chi connectivity index (χ4n) is 8.22. The van der Waals surface area contributed by atoms with Crippen molar-refractivity contribution in [3.8, 4) is 0 Å². The van der Waals surface area contributed by atoms with E-state index in [0.29, 0.717) is 17.4 Å². The molecular formula is C53H108N2O6P+. The van der Waals surface area contributed by atoms with Gasteiger partial charge in [0.15, 0.2) is 0 Å². The van der Waals surface area contributed by atoms with Crippen molar-refractivity contribution in [3.63, 3.8) is 0 Å². The van der Waals surface area contributed by atoms with E-state index in [9.17, 15) is 19.4 Å². The summed E-state index contributed by atoms with van der Waals surface area (Å²) in [6, 6.07) is -0.841. The first-order chi connectivity index (χ1) is 30.0. The fraction of sp³-hybridized carbons (Fsp3) is 0.943. The lowest BCUT2D eigenvalue weighted by atomic mass is 10.0. The highest BCUT2D eigenvalue weighted by molar-refractivity contribution is 7.47. The molecule has 0 spiro atoms. The third kappa shape index (κ3) is 47.2. The van der Waals surface area contributed by atoms with Crippen molar-refractivity contribution in [1.82, 2.24) is 5.32 Å². The van der Waals surface area contributed by atoms with Gasteiger partial charge in [0.2, 0.25) is 5.91 Å². The van der Waals surface area contributed by atoms with Crippen LogP contribution in [0.2, 0.25) is 0 Å². The number of rotatable bonds is 50. The molecule has 0 aromatic carbocycles. The van der Waals surface area contributed by atoms with Crippen LogP contribution >= 0.6 is 7.82 Å². The Balaban J connectivity index is 4.24. The average Bonchev–Trinajstić information content (AvgIpc) is 3.23. The van der Waals surface area contributed by atoms with Crippen molar-refractivity contribution < 1.29 is 32.9 Å². The maximum absolute atomic E-state index is 12.9. The SMILES string of the molecule is CCCCCCCCCCCCCCCCCCCC/C=C/C(O)C(COP(=O)(O)OCC[N+](C)(C)C)NC(=O)CCCCCCCCCCCCCCCCCCCCCC. The molecule has 0 radical (unpaired) electrons. The topological polar surface area (TPSA) is 105 Å². The summed E-state index contributed by atoms with van der Waals surface area (Å²) in [5, 5.41) is 13.9. The average molecular weight is 900 g/mol.